The molecule has 0 aromatic carbocycles. The average Bonchev–Trinajstić information content (AvgIpc) is 3.44. The Morgan fingerprint density at radius 1 is 1.21 bits per heavy atom. The maximum atomic E-state index is 4.79. The van der Waals surface area contributed by atoms with Crippen LogP contribution in [0.5, 0.6) is 0 Å². The van der Waals surface area contributed by atoms with E-state index in [-0.39, 0.29) is 0 Å². The number of rotatable bonds is 3. The minimum absolute atomic E-state index is 0.423. The van der Waals surface area contributed by atoms with Gasteiger partial charge in [0.15, 0.2) is 5.82 Å². The number of hydrogen-bond acceptors (Lipinski definition) is 5. The van der Waals surface area contributed by atoms with Gasteiger partial charge in [-0.25, -0.2) is 19.1 Å². The summed E-state index contributed by atoms with van der Waals surface area (Å²) in [4.78, 5) is 11.6. The first-order valence-corrected chi connectivity index (χ1v) is 10.2. The highest BCUT2D eigenvalue weighted by Gasteiger charge is 2.55. The van der Waals surface area contributed by atoms with Crippen molar-refractivity contribution in [1.29, 1.82) is 0 Å². The number of aromatic nitrogens is 7. The van der Waals surface area contributed by atoms with E-state index in [0.29, 0.717) is 6.04 Å². The Morgan fingerprint density at radius 2 is 2.00 bits per heavy atom. The van der Waals surface area contributed by atoms with Crippen LogP contribution in [0.15, 0.2) is 24.9 Å². The maximum absolute atomic E-state index is 4.79. The molecular formula is C20H27N8+. The van der Waals surface area contributed by atoms with Gasteiger partial charge in [-0.3, -0.25) is 4.57 Å². The molecule has 4 heterocycles. The largest absolute Gasteiger partial charge is 0.304 e. The second kappa shape index (κ2) is 6.12. The molecule has 0 amide bonds. The molecule has 0 saturated heterocycles. The van der Waals surface area contributed by atoms with Crippen LogP contribution in [0.2, 0.25) is 0 Å². The summed E-state index contributed by atoms with van der Waals surface area (Å²) < 4.78 is 6.66. The Kier molecular flexibility index (Phi) is 3.79. The van der Waals surface area contributed by atoms with Crippen molar-refractivity contribution >= 4 is 5.82 Å². The van der Waals surface area contributed by atoms with Crippen molar-refractivity contribution in [1.82, 2.24) is 29.3 Å². The highest BCUT2D eigenvalue weighted by atomic mass is 15.5. The van der Waals surface area contributed by atoms with Gasteiger partial charge in [0.2, 0.25) is 11.5 Å². The highest BCUT2D eigenvalue weighted by molar-refractivity contribution is 5.64. The molecule has 0 unspecified atom stereocenters. The Hall–Kier alpha value is -2.77. The zero-order valence-electron chi connectivity index (χ0n) is 17.0. The van der Waals surface area contributed by atoms with Crippen LogP contribution in [0.4, 0.5) is 5.82 Å². The summed E-state index contributed by atoms with van der Waals surface area (Å²) in [6.45, 7) is 6.40. The molecular weight excluding hydrogens is 352 g/mol. The van der Waals surface area contributed by atoms with Gasteiger partial charge in [-0.15, -0.1) is 10.2 Å². The molecule has 2 aliphatic rings. The summed E-state index contributed by atoms with van der Waals surface area (Å²) in [6.07, 6.45) is 13.6. The van der Waals surface area contributed by atoms with Crippen molar-refractivity contribution in [2.75, 3.05) is 4.90 Å². The summed E-state index contributed by atoms with van der Waals surface area (Å²) in [5.41, 5.74) is 0.508. The molecule has 146 valence electrons. The Balaban J connectivity index is 1.88. The summed E-state index contributed by atoms with van der Waals surface area (Å²) >= 11 is 0. The summed E-state index contributed by atoms with van der Waals surface area (Å²) in [7, 11) is 2.09. The molecule has 8 heteroatoms. The quantitative estimate of drug-likeness (QED) is 0.653. The van der Waals surface area contributed by atoms with Gasteiger partial charge in [0.1, 0.15) is 30.2 Å². The van der Waals surface area contributed by atoms with Crippen LogP contribution in [-0.4, -0.2) is 35.3 Å². The SMILES string of the molecule is CC[C@@]1(n2cc[n+](C)c2C)c2nnc(C)n2-c2cncnc2N1C1CCCC1. The lowest BCUT2D eigenvalue weighted by Gasteiger charge is -2.47. The first-order chi connectivity index (χ1) is 13.6. The monoisotopic (exact) mass is 379 g/mol. The first kappa shape index (κ1) is 17.3. The number of hydrogen-bond donors (Lipinski definition) is 0. The predicted octanol–water partition coefficient (Wildman–Crippen LogP) is 2.17. The van der Waals surface area contributed by atoms with E-state index in [1.807, 2.05) is 13.1 Å². The molecule has 0 N–H and O–H groups in total. The first-order valence-electron chi connectivity index (χ1n) is 10.2. The van der Waals surface area contributed by atoms with Crippen LogP contribution in [0.25, 0.3) is 5.69 Å². The second-order valence-electron chi connectivity index (χ2n) is 7.94. The third-order valence-electron chi connectivity index (χ3n) is 6.60. The van der Waals surface area contributed by atoms with Crippen LogP contribution < -0.4 is 9.47 Å². The normalized spacial score (nSPS) is 21.8. The van der Waals surface area contributed by atoms with E-state index in [1.54, 1.807) is 6.33 Å². The van der Waals surface area contributed by atoms with Gasteiger partial charge < -0.3 is 4.90 Å². The van der Waals surface area contributed by atoms with Gasteiger partial charge in [0.25, 0.3) is 5.82 Å². The van der Waals surface area contributed by atoms with Gasteiger partial charge in [0.05, 0.1) is 13.2 Å². The zero-order valence-corrected chi connectivity index (χ0v) is 17.0. The molecule has 0 radical (unpaired) electrons. The molecule has 8 nitrogen and oxygen atoms in total. The van der Waals surface area contributed by atoms with Gasteiger partial charge in [-0.1, -0.05) is 19.8 Å². The van der Waals surface area contributed by atoms with E-state index in [9.17, 15) is 0 Å². The molecule has 1 saturated carbocycles. The topological polar surface area (TPSA) is 68.5 Å². The van der Waals surface area contributed by atoms with Gasteiger partial charge in [-0.05, 0) is 19.8 Å². The Morgan fingerprint density at radius 3 is 2.68 bits per heavy atom. The smallest absolute Gasteiger partial charge is 0.255 e. The third-order valence-corrected chi connectivity index (χ3v) is 6.60. The number of aryl methyl sites for hydroxylation is 2. The molecule has 1 fully saturated rings. The number of nitrogens with zero attached hydrogens (tertiary/aromatic N) is 8. The maximum Gasteiger partial charge on any atom is 0.255 e. The van der Waals surface area contributed by atoms with E-state index in [1.165, 1.54) is 31.5 Å². The summed E-state index contributed by atoms with van der Waals surface area (Å²) in [5.74, 6) is 3.97. The highest BCUT2D eigenvalue weighted by Crippen LogP contribution is 2.47. The minimum Gasteiger partial charge on any atom is -0.304 e. The summed E-state index contributed by atoms with van der Waals surface area (Å²) in [6, 6.07) is 0.423. The van der Waals surface area contributed by atoms with Crippen molar-refractivity contribution in [3.63, 3.8) is 0 Å². The van der Waals surface area contributed by atoms with E-state index in [2.05, 4.69) is 62.0 Å². The molecule has 5 rings (SSSR count). The van der Waals surface area contributed by atoms with E-state index in [4.69, 9.17) is 10.1 Å². The van der Waals surface area contributed by atoms with Crippen LogP contribution in [-0.2, 0) is 12.7 Å². The standard InChI is InChI=1S/C20H27N8/c1-5-20(26-11-10-25(4)15(26)3)19-24-23-14(2)27(19)17-12-21-13-22-18(17)28(20)16-8-6-7-9-16/h10-13,16H,5-9H2,1-4H3/q+1/t20-/m0/s1. The average molecular weight is 379 g/mol. The van der Waals surface area contributed by atoms with Crippen LogP contribution in [0, 0.1) is 13.8 Å². The van der Waals surface area contributed by atoms with Crippen molar-refractivity contribution in [2.45, 2.75) is 64.6 Å². The van der Waals surface area contributed by atoms with Crippen molar-refractivity contribution < 1.29 is 4.57 Å². The van der Waals surface area contributed by atoms with Gasteiger partial charge in [0, 0.05) is 19.4 Å². The van der Waals surface area contributed by atoms with Gasteiger partial charge in [-0.2, -0.15) is 0 Å². The molecule has 1 aliphatic carbocycles. The molecule has 1 aliphatic heterocycles. The molecule has 0 bridgehead atoms. The molecule has 1 atom stereocenters. The zero-order chi connectivity index (χ0) is 19.5. The number of imidazole rings is 1. The third kappa shape index (κ3) is 2.08. The van der Waals surface area contributed by atoms with E-state index in [0.717, 1.165) is 29.6 Å². The van der Waals surface area contributed by atoms with E-state index < -0.39 is 5.66 Å². The van der Waals surface area contributed by atoms with Crippen LogP contribution in [0.3, 0.4) is 0 Å². The molecule has 3 aromatic heterocycles. The number of anilines is 1. The lowest BCUT2D eigenvalue weighted by Crippen LogP contribution is -2.59. The van der Waals surface area contributed by atoms with Crippen LogP contribution >= 0.6 is 0 Å². The van der Waals surface area contributed by atoms with Crippen molar-refractivity contribution in [2.24, 2.45) is 7.05 Å². The molecule has 0 spiro atoms. The van der Waals surface area contributed by atoms with Crippen LogP contribution in [0.1, 0.15) is 56.5 Å². The fourth-order valence-corrected chi connectivity index (χ4v) is 5.16. The van der Waals surface area contributed by atoms with E-state index >= 15 is 0 Å². The number of fused-ring (bicyclic) bond motifs is 3. The fraction of sp³-hybridized carbons (Fsp3) is 0.550. The molecule has 28 heavy (non-hydrogen) atoms. The minimum atomic E-state index is -0.469. The van der Waals surface area contributed by atoms with Crippen molar-refractivity contribution in [3.05, 3.63) is 42.4 Å². The Bertz CT molecular complexity index is 1030. The Labute approximate surface area is 164 Å². The van der Waals surface area contributed by atoms with Gasteiger partial charge >= 0.3 is 0 Å². The fourth-order valence-electron chi connectivity index (χ4n) is 5.16. The lowest BCUT2D eigenvalue weighted by atomic mass is 9.96. The molecule has 3 aromatic rings. The van der Waals surface area contributed by atoms with Crippen molar-refractivity contribution in [3.8, 4) is 5.69 Å². The summed E-state index contributed by atoms with van der Waals surface area (Å²) in [5, 5.41) is 9.19. The predicted molar refractivity (Wildman–Crippen MR) is 104 cm³/mol. The second-order valence-corrected chi connectivity index (χ2v) is 7.94. The lowest BCUT2D eigenvalue weighted by molar-refractivity contribution is -0.677.